The molecule has 0 aliphatic heterocycles. The Morgan fingerprint density at radius 2 is 1.77 bits per heavy atom. The molecule has 1 atom stereocenters. The van der Waals surface area contributed by atoms with E-state index in [1.165, 1.54) is 12.1 Å². The number of rotatable bonds is 3. The summed E-state index contributed by atoms with van der Waals surface area (Å²) in [6, 6.07) is 6.07. The van der Waals surface area contributed by atoms with Gasteiger partial charge in [-0.15, -0.1) is 11.6 Å². The summed E-state index contributed by atoms with van der Waals surface area (Å²) in [5, 5.41) is 17.2. The van der Waals surface area contributed by atoms with E-state index in [0.717, 1.165) is 0 Å². The van der Waals surface area contributed by atoms with Crippen molar-refractivity contribution >= 4 is 23.2 Å². The third kappa shape index (κ3) is 2.76. The molecule has 0 bridgehead atoms. The van der Waals surface area contributed by atoms with E-state index in [1.54, 1.807) is 12.1 Å². The lowest BCUT2D eigenvalue weighted by molar-refractivity contribution is 0.125. The molecule has 2 nitrogen and oxygen atoms in total. The van der Waals surface area contributed by atoms with Gasteiger partial charge in [-0.25, -0.2) is 0 Å². The van der Waals surface area contributed by atoms with Gasteiger partial charge in [0.15, 0.2) is 5.06 Å². The number of aromatic hydroxyl groups is 1. The summed E-state index contributed by atoms with van der Waals surface area (Å²) in [7, 11) is 0. The van der Waals surface area contributed by atoms with Crippen LogP contribution in [0.25, 0.3) is 0 Å². The first kappa shape index (κ1) is 10.6. The van der Waals surface area contributed by atoms with Gasteiger partial charge in [0.1, 0.15) is 5.75 Å². The van der Waals surface area contributed by atoms with Crippen molar-refractivity contribution in [3.05, 3.63) is 29.8 Å². The van der Waals surface area contributed by atoms with Crippen LogP contribution in [-0.2, 0) is 5.06 Å². The van der Waals surface area contributed by atoms with Crippen LogP contribution in [0.2, 0.25) is 0 Å². The molecule has 0 heterocycles. The minimum Gasteiger partial charge on any atom is -0.508 e. The zero-order valence-corrected chi connectivity index (χ0v) is 8.39. The smallest absolute Gasteiger partial charge is 0.165 e. The molecule has 1 unspecified atom stereocenters. The molecule has 0 saturated carbocycles. The van der Waals surface area contributed by atoms with Crippen molar-refractivity contribution in [1.29, 1.82) is 0 Å². The number of phenols is 1. The molecule has 0 aromatic heterocycles. The van der Waals surface area contributed by atoms with Crippen molar-refractivity contribution in [2.24, 2.45) is 0 Å². The number of phenolic OH excluding ortho intramolecular Hbond substituents is 1. The zero-order chi connectivity index (χ0) is 9.90. The summed E-state index contributed by atoms with van der Waals surface area (Å²) in [5.41, 5.74) is 0.535. The molecular formula is C9H10Cl2O2. The van der Waals surface area contributed by atoms with Gasteiger partial charge in [0.05, 0.1) is 0 Å². The van der Waals surface area contributed by atoms with Crippen LogP contribution < -0.4 is 0 Å². The lowest BCUT2D eigenvalue weighted by atomic mass is 10.1. The second-order valence-electron chi connectivity index (χ2n) is 2.75. The summed E-state index contributed by atoms with van der Waals surface area (Å²) < 4.78 is 0. The Kier molecular flexibility index (Phi) is 3.42. The quantitative estimate of drug-likeness (QED) is 0.769. The molecule has 0 radical (unpaired) electrons. The van der Waals surface area contributed by atoms with Crippen LogP contribution in [0.15, 0.2) is 24.3 Å². The molecule has 0 aliphatic carbocycles. The Morgan fingerprint density at radius 1 is 1.23 bits per heavy atom. The van der Waals surface area contributed by atoms with Crippen molar-refractivity contribution in [3.63, 3.8) is 0 Å². The summed E-state index contributed by atoms with van der Waals surface area (Å²) >= 11 is 11.3. The van der Waals surface area contributed by atoms with Crippen molar-refractivity contribution in [1.82, 2.24) is 0 Å². The van der Waals surface area contributed by atoms with Gasteiger partial charge in [-0.3, -0.25) is 0 Å². The van der Waals surface area contributed by atoms with Gasteiger partial charge in [-0.05, 0) is 17.7 Å². The molecule has 4 heteroatoms. The summed E-state index contributed by atoms with van der Waals surface area (Å²) in [6.07, 6.45) is 0.265. The van der Waals surface area contributed by atoms with Crippen molar-refractivity contribution in [3.8, 4) is 5.75 Å². The third-order valence-electron chi connectivity index (χ3n) is 1.74. The molecular weight excluding hydrogens is 211 g/mol. The van der Waals surface area contributed by atoms with E-state index >= 15 is 0 Å². The van der Waals surface area contributed by atoms with E-state index in [-0.39, 0.29) is 18.1 Å². The Labute approximate surface area is 86.7 Å². The van der Waals surface area contributed by atoms with E-state index in [2.05, 4.69) is 0 Å². The first-order valence-electron chi connectivity index (χ1n) is 3.83. The van der Waals surface area contributed by atoms with Gasteiger partial charge >= 0.3 is 0 Å². The van der Waals surface area contributed by atoms with E-state index in [1.807, 2.05) is 0 Å². The maximum absolute atomic E-state index is 9.68. The molecule has 72 valence electrons. The van der Waals surface area contributed by atoms with Gasteiger partial charge in [0.25, 0.3) is 0 Å². The van der Waals surface area contributed by atoms with Crippen LogP contribution in [-0.4, -0.2) is 16.1 Å². The topological polar surface area (TPSA) is 40.5 Å². The number of hydrogen-bond donors (Lipinski definition) is 2. The van der Waals surface area contributed by atoms with Gasteiger partial charge in [-0.1, -0.05) is 23.7 Å². The second-order valence-corrected chi connectivity index (χ2v) is 3.75. The molecule has 13 heavy (non-hydrogen) atoms. The van der Waals surface area contributed by atoms with Crippen LogP contribution in [0.4, 0.5) is 0 Å². The fourth-order valence-electron chi connectivity index (χ4n) is 0.986. The minimum atomic E-state index is -1.44. The molecule has 0 spiro atoms. The molecule has 0 fully saturated rings. The van der Waals surface area contributed by atoms with E-state index in [0.29, 0.717) is 5.56 Å². The summed E-state index contributed by atoms with van der Waals surface area (Å²) in [6.45, 7) is 0. The van der Waals surface area contributed by atoms with Crippen LogP contribution in [0.5, 0.6) is 5.75 Å². The largest absolute Gasteiger partial charge is 0.508 e. The van der Waals surface area contributed by atoms with Gasteiger partial charge in [0, 0.05) is 12.3 Å². The van der Waals surface area contributed by atoms with Crippen LogP contribution in [0.3, 0.4) is 0 Å². The lowest BCUT2D eigenvalue weighted by Crippen LogP contribution is -2.18. The van der Waals surface area contributed by atoms with E-state index in [4.69, 9.17) is 28.3 Å². The number of alkyl halides is 2. The predicted octanol–water partition coefficient (Wildman–Crippen LogP) is 2.41. The van der Waals surface area contributed by atoms with Gasteiger partial charge < -0.3 is 10.2 Å². The highest BCUT2D eigenvalue weighted by Crippen LogP contribution is 2.30. The standard InChI is InChI=1S/C9H10Cl2O2/c10-6-5-9(11,13)7-1-3-8(12)4-2-7/h1-4,12-13H,5-6H2. The highest BCUT2D eigenvalue weighted by Gasteiger charge is 2.24. The number of benzene rings is 1. The van der Waals surface area contributed by atoms with E-state index in [9.17, 15) is 5.11 Å². The van der Waals surface area contributed by atoms with Gasteiger partial charge in [0.2, 0.25) is 0 Å². The average Bonchev–Trinajstić information content (AvgIpc) is 2.05. The predicted molar refractivity (Wildman–Crippen MR) is 53.2 cm³/mol. The fraction of sp³-hybridized carbons (Fsp3) is 0.333. The monoisotopic (exact) mass is 220 g/mol. The fourth-order valence-corrected chi connectivity index (χ4v) is 1.58. The van der Waals surface area contributed by atoms with Crippen molar-refractivity contribution in [2.45, 2.75) is 11.5 Å². The maximum atomic E-state index is 9.68. The molecule has 1 aromatic rings. The van der Waals surface area contributed by atoms with Crippen molar-refractivity contribution < 1.29 is 10.2 Å². The Hall–Kier alpha value is -0.440. The summed E-state index contributed by atoms with van der Waals surface area (Å²) in [5.74, 6) is 0.419. The Balaban J connectivity index is 2.87. The van der Waals surface area contributed by atoms with Crippen LogP contribution >= 0.6 is 23.2 Å². The SMILES string of the molecule is Oc1ccc(C(O)(Cl)CCCl)cc1. The number of aliphatic hydroxyl groups is 1. The zero-order valence-electron chi connectivity index (χ0n) is 6.87. The minimum absolute atomic E-state index is 0.141. The molecule has 0 amide bonds. The first-order valence-corrected chi connectivity index (χ1v) is 4.74. The van der Waals surface area contributed by atoms with Crippen LogP contribution in [0.1, 0.15) is 12.0 Å². The number of hydrogen-bond acceptors (Lipinski definition) is 2. The average molecular weight is 221 g/mol. The van der Waals surface area contributed by atoms with Gasteiger partial charge in [-0.2, -0.15) is 0 Å². The highest BCUT2D eigenvalue weighted by molar-refractivity contribution is 6.24. The summed E-state index contributed by atoms with van der Waals surface area (Å²) in [4.78, 5) is 0. The normalized spacial score (nSPS) is 15.3. The Morgan fingerprint density at radius 3 is 2.23 bits per heavy atom. The first-order chi connectivity index (χ1) is 6.06. The second kappa shape index (κ2) is 4.18. The Bertz CT molecular complexity index is 269. The highest BCUT2D eigenvalue weighted by atomic mass is 35.5. The molecule has 1 aromatic carbocycles. The molecule has 0 aliphatic rings. The molecule has 0 saturated heterocycles. The molecule has 1 rings (SSSR count). The van der Waals surface area contributed by atoms with Crippen molar-refractivity contribution in [2.75, 3.05) is 5.88 Å². The number of halogens is 2. The third-order valence-corrected chi connectivity index (χ3v) is 2.33. The lowest BCUT2D eigenvalue weighted by Gasteiger charge is -2.19. The maximum Gasteiger partial charge on any atom is 0.165 e. The van der Waals surface area contributed by atoms with E-state index < -0.39 is 5.06 Å². The van der Waals surface area contributed by atoms with Crippen LogP contribution in [0, 0.1) is 0 Å². The molecule has 2 N–H and O–H groups in total.